The lowest BCUT2D eigenvalue weighted by Gasteiger charge is -2.27. The Balaban J connectivity index is 1.49. The van der Waals surface area contributed by atoms with Crippen molar-refractivity contribution in [3.63, 3.8) is 0 Å². The molecule has 3 unspecified atom stereocenters. The molecule has 0 aromatic carbocycles. The van der Waals surface area contributed by atoms with Crippen LogP contribution >= 0.6 is 11.3 Å². The number of hydrogen-bond donors (Lipinski definition) is 2. The molecule has 0 bridgehead atoms. The second-order valence-corrected chi connectivity index (χ2v) is 11.7. The third-order valence-electron chi connectivity index (χ3n) is 6.58. The van der Waals surface area contributed by atoms with Crippen molar-refractivity contribution in [2.45, 2.75) is 64.5 Å². The molecule has 0 saturated heterocycles. The number of pyridine rings is 1. The third kappa shape index (κ3) is 4.50. The van der Waals surface area contributed by atoms with Gasteiger partial charge in [0, 0.05) is 41.1 Å². The number of hydrogen-bond acceptors (Lipinski definition) is 8. The minimum Gasteiger partial charge on any atom is -0.367 e. The maximum atomic E-state index is 11.7. The lowest BCUT2D eigenvalue weighted by Crippen LogP contribution is -2.28. The van der Waals surface area contributed by atoms with Crippen molar-refractivity contribution in [3.05, 3.63) is 23.7 Å². The highest BCUT2D eigenvalue weighted by molar-refractivity contribution is 7.84. The second-order valence-electron chi connectivity index (χ2n) is 9.15. The smallest absolute Gasteiger partial charge is 0.225 e. The maximum Gasteiger partial charge on any atom is 0.225 e. The molecule has 0 radical (unpaired) electrons. The van der Waals surface area contributed by atoms with Crippen molar-refractivity contribution in [3.8, 4) is 10.6 Å². The number of thiazole rings is 1. The van der Waals surface area contributed by atoms with E-state index in [0.717, 1.165) is 63.0 Å². The van der Waals surface area contributed by atoms with Crippen LogP contribution in [0.3, 0.4) is 0 Å². The molecule has 2 aliphatic carbocycles. The van der Waals surface area contributed by atoms with Gasteiger partial charge >= 0.3 is 0 Å². The fourth-order valence-corrected chi connectivity index (χ4v) is 6.78. The topological polar surface area (TPSA) is 92.7 Å². The first-order valence-electron chi connectivity index (χ1n) is 11.4. The summed E-state index contributed by atoms with van der Waals surface area (Å²) in [6.07, 6.45) is 10.5. The number of aryl methyl sites for hydroxylation is 2. The minimum atomic E-state index is -0.749. The van der Waals surface area contributed by atoms with Gasteiger partial charge in [-0.25, -0.2) is 9.97 Å². The summed E-state index contributed by atoms with van der Waals surface area (Å²) in [5, 5.41) is 8.15. The van der Waals surface area contributed by atoms with Crippen LogP contribution in [0.5, 0.6) is 0 Å². The Morgan fingerprint density at radius 2 is 1.91 bits per heavy atom. The van der Waals surface area contributed by atoms with Gasteiger partial charge in [-0.2, -0.15) is 4.98 Å². The second kappa shape index (κ2) is 9.02. The Morgan fingerprint density at radius 1 is 1.06 bits per heavy atom. The molecule has 0 spiro atoms. The van der Waals surface area contributed by atoms with Crippen molar-refractivity contribution in [1.82, 2.24) is 19.9 Å². The van der Waals surface area contributed by atoms with E-state index in [1.54, 1.807) is 17.6 Å². The zero-order valence-corrected chi connectivity index (χ0v) is 20.5. The first kappa shape index (κ1) is 21.7. The number of fused-ring (bicyclic) bond motifs is 1. The molecule has 2 saturated carbocycles. The summed E-state index contributed by atoms with van der Waals surface area (Å²) >= 11 is 1.66. The van der Waals surface area contributed by atoms with Gasteiger partial charge in [-0.05, 0) is 64.4 Å². The number of nitrogens with zero attached hydrogens (tertiary/aromatic N) is 4. The quantitative estimate of drug-likeness (QED) is 0.517. The Labute approximate surface area is 195 Å². The standard InChI is InChI=1S/C23H30N6OS2/c1-13-19(22-28-20-14(2)24-10-9-18(20)31-22)21(29-23(25-13)27-16-5-4-6-16)26-17-8-7-15(11-17)12-32(3)30/h9-10,15-17H,4-8,11-12H2,1-3H3,(H2,25,26,27,29). The zero-order chi connectivity index (χ0) is 22.2. The van der Waals surface area contributed by atoms with Crippen LogP contribution < -0.4 is 10.6 Å². The summed E-state index contributed by atoms with van der Waals surface area (Å²) in [5.74, 6) is 2.84. The summed E-state index contributed by atoms with van der Waals surface area (Å²) in [4.78, 5) is 19.1. The highest BCUT2D eigenvalue weighted by Crippen LogP contribution is 2.38. The predicted molar refractivity (Wildman–Crippen MR) is 133 cm³/mol. The summed E-state index contributed by atoms with van der Waals surface area (Å²) in [7, 11) is -0.749. The van der Waals surface area contributed by atoms with E-state index in [4.69, 9.17) is 15.0 Å². The largest absolute Gasteiger partial charge is 0.367 e. The van der Waals surface area contributed by atoms with Gasteiger partial charge in [0.05, 0.1) is 21.7 Å². The van der Waals surface area contributed by atoms with Gasteiger partial charge in [-0.3, -0.25) is 9.19 Å². The van der Waals surface area contributed by atoms with Crippen molar-refractivity contribution in [2.75, 3.05) is 22.6 Å². The van der Waals surface area contributed by atoms with E-state index < -0.39 is 10.8 Å². The molecule has 7 nitrogen and oxygen atoms in total. The predicted octanol–water partition coefficient (Wildman–Crippen LogP) is 4.69. The summed E-state index contributed by atoms with van der Waals surface area (Å²) < 4.78 is 12.8. The van der Waals surface area contributed by atoms with Crippen LogP contribution in [-0.4, -0.2) is 48.2 Å². The van der Waals surface area contributed by atoms with E-state index in [-0.39, 0.29) is 0 Å². The molecule has 3 heterocycles. The molecule has 2 fully saturated rings. The lowest BCUT2D eigenvalue weighted by atomic mass is 9.93. The summed E-state index contributed by atoms with van der Waals surface area (Å²) in [6.45, 7) is 4.04. The Hall–Kier alpha value is -2.13. The summed E-state index contributed by atoms with van der Waals surface area (Å²) in [6, 6.07) is 2.82. The van der Waals surface area contributed by atoms with E-state index in [9.17, 15) is 4.21 Å². The summed E-state index contributed by atoms with van der Waals surface area (Å²) in [5.41, 5.74) is 3.79. The number of anilines is 2. The number of aromatic nitrogens is 4. The zero-order valence-electron chi connectivity index (χ0n) is 18.9. The first-order valence-corrected chi connectivity index (χ1v) is 13.9. The third-order valence-corrected chi connectivity index (χ3v) is 8.56. The van der Waals surface area contributed by atoms with E-state index >= 15 is 0 Å². The van der Waals surface area contributed by atoms with Gasteiger partial charge in [0.25, 0.3) is 0 Å². The van der Waals surface area contributed by atoms with Gasteiger partial charge in [0.15, 0.2) is 0 Å². The number of nitrogens with one attached hydrogen (secondary N) is 2. The molecule has 9 heteroatoms. The van der Waals surface area contributed by atoms with Crippen LogP contribution in [0.2, 0.25) is 0 Å². The normalized spacial score (nSPS) is 22.1. The van der Waals surface area contributed by atoms with E-state index in [1.807, 2.05) is 26.1 Å². The van der Waals surface area contributed by atoms with Crippen LogP contribution in [-0.2, 0) is 10.8 Å². The molecule has 5 rings (SSSR count). The molecular weight excluding hydrogens is 440 g/mol. The van der Waals surface area contributed by atoms with E-state index in [0.29, 0.717) is 23.9 Å². The van der Waals surface area contributed by atoms with Gasteiger partial charge < -0.3 is 10.6 Å². The fraction of sp³-hybridized carbons (Fsp3) is 0.565. The van der Waals surface area contributed by atoms with E-state index in [1.165, 1.54) is 19.3 Å². The van der Waals surface area contributed by atoms with Gasteiger partial charge in [0.1, 0.15) is 16.3 Å². The molecule has 3 aromatic heterocycles. The monoisotopic (exact) mass is 470 g/mol. The van der Waals surface area contributed by atoms with Gasteiger partial charge in [0.2, 0.25) is 5.95 Å². The minimum absolute atomic E-state index is 0.325. The first-order chi connectivity index (χ1) is 15.5. The van der Waals surface area contributed by atoms with E-state index in [2.05, 4.69) is 15.6 Å². The maximum absolute atomic E-state index is 11.7. The molecule has 170 valence electrons. The van der Waals surface area contributed by atoms with Crippen LogP contribution in [0, 0.1) is 19.8 Å². The molecule has 3 aromatic rings. The molecule has 2 N–H and O–H groups in total. The molecule has 0 amide bonds. The SMILES string of the molecule is Cc1nc(NC2CCC2)nc(NC2CCC(CS(C)=O)C2)c1-c1nc2c(C)nccc2s1. The van der Waals surface area contributed by atoms with Gasteiger partial charge in [-0.15, -0.1) is 11.3 Å². The van der Waals surface area contributed by atoms with Crippen LogP contribution in [0.15, 0.2) is 12.3 Å². The fourth-order valence-electron chi connectivity index (χ4n) is 4.70. The highest BCUT2D eigenvalue weighted by atomic mass is 32.2. The molecule has 2 aliphatic rings. The van der Waals surface area contributed by atoms with Crippen molar-refractivity contribution in [1.29, 1.82) is 0 Å². The van der Waals surface area contributed by atoms with Crippen LogP contribution in [0.25, 0.3) is 20.8 Å². The molecule has 32 heavy (non-hydrogen) atoms. The van der Waals surface area contributed by atoms with Crippen molar-refractivity contribution in [2.24, 2.45) is 5.92 Å². The Kier molecular flexibility index (Phi) is 6.11. The van der Waals surface area contributed by atoms with Crippen LogP contribution in [0.4, 0.5) is 11.8 Å². The average molecular weight is 471 g/mol. The van der Waals surface area contributed by atoms with Crippen molar-refractivity contribution < 1.29 is 4.21 Å². The van der Waals surface area contributed by atoms with Crippen LogP contribution in [0.1, 0.15) is 49.9 Å². The average Bonchev–Trinajstić information content (AvgIpc) is 3.31. The Morgan fingerprint density at radius 3 is 2.62 bits per heavy atom. The molecular formula is C23H30N6OS2. The molecule has 0 aliphatic heterocycles. The van der Waals surface area contributed by atoms with Crippen molar-refractivity contribution >= 4 is 44.1 Å². The molecule has 3 atom stereocenters. The Bertz CT molecular complexity index is 1160. The lowest BCUT2D eigenvalue weighted by molar-refractivity contribution is 0.443. The number of rotatable bonds is 7. The van der Waals surface area contributed by atoms with Gasteiger partial charge in [-0.1, -0.05) is 0 Å². The highest BCUT2D eigenvalue weighted by Gasteiger charge is 2.28.